The first-order valence-corrected chi connectivity index (χ1v) is 6.72. The first-order chi connectivity index (χ1) is 8.75. The lowest BCUT2D eigenvalue weighted by Crippen LogP contribution is -2.26. The third kappa shape index (κ3) is 4.49. The number of nitrogens with one attached hydrogen (secondary N) is 2. The minimum absolute atomic E-state index is 0.200. The zero-order chi connectivity index (χ0) is 12.8. The highest BCUT2D eigenvalue weighted by Crippen LogP contribution is 2.18. The van der Waals surface area contributed by atoms with Gasteiger partial charge in [0, 0.05) is 44.4 Å². The molecular weight excluding hydrogens is 228 g/mol. The summed E-state index contributed by atoms with van der Waals surface area (Å²) < 4.78 is 1.89. The Balaban J connectivity index is 1.46. The van der Waals surface area contributed by atoms with Gasteiger partial charge < -0.3 is 10.6 Å². The molecule has 1 amide bonds. The van der Waals surface area contributed by atoms with E-state index < -0.39 is 0 Å². The molecule has 0 radical (unpaired) electrons. The summed E-state index contributed by atoms with van der Waals surface area (Å²) in [5.74, 6) is 0.200. The summed E-state index contributed by atoms with van der Waals surface area (Å²) in [7, 11) is 1.96. The van der Waals surface area contributed by atoms with Crippen LogP contribution in [-0.2, 0) is 18.3 Å². The van der Waals surface area contributed by atoms with Crippen LogP contribution >= 0.6 is 0 Å². The van der Waals surface area contributed by atoms with Crippen LogP contribution in [0.3, 0.4) is 0 Å². The van der Waals surface area contributed by atoms with Crippen molar-refractivity contribution in [3.8, 4) is 0 Å². The molecule has 1 aromatic heterocycles. The topological polar surface area (TPSA) is 59.0 Å². The second-order valence-corrected chi connectivity index (χ2v) is 4.89. The first-order valence-electron chi connectivity index (χ1n) is 6.72. The van der Waals surface area contributed by atoms with Crippen molar-refractivity contribution in [2.24, 2.45) is 7.05 Å². The lowest BCUT2D eigenvalue weighted by molar-refractivity contribution is -0.121. The van der Waals surface area contributed by atoms with Gasteiger partial charge in [0.05, 0.1) is 0 Å². The monoisotopic (exact) mass is 250 g/mol. The number of rotatable bonds is 8. The molecule has 0 saturated heterocycles. The average Bonchev–Trinajstić information content (AvgIpc) is 3.06. The molecule has 2 rings (SSSR count). The second-order valence-electron chi connectivity index (χ2n) is 4.89. The van der Waals surface area contributed by atoms with Gasteiger partial charge >= 0.3 is 0 Å². The van der Waals surface area contributed by atoms with Crippen molar-refractivity contribution in [1.82, 2.24) is 20.4 Å². The average molecular weight is 250 g/mol. The molecule has 1 aromatic rings. The number of aryl methyl sites for hydroxylation is 1. The molecule has 5 heteroatoms. The first kappa shape index (κ1) is 13.1. The van der Waals surface area contributed by atoms with Crippen LogP contribution in [0.1, 0.15) is 31.4 Å². The van der Waals surface area contributed by atoms with Crippen LogP contribution in [0.4, 0.5) is 0 Å². The van der Waals surface area contributed by atoms with E-state index in [9.17, 15) is 4.79 Å². The van der Waals surface area contributed by atoms with E-state index in [2.05, 4.69) is 15.7 Å². The van der Waals surface area contributed by atoms with Crippen molar-refractivity contribution in [2.75, 3.05) is 13.1 Å². The van der Waals surface area contributed by atoms with E-state index in [0.717, 1.165) is 38.8 Å². The molecular formula is C13H22N4O. The summed E-state index contributed by atoms with van der Waals surface area (Å²) in [5.41, 5.74) is 1.23. The molecule has 0 unspecified atom stereocenters. The Morgan fingerprint density at radius 1 is 1.50 bits per heavy atom. The number of amides is 1. The zero-order valence-corrected chi connectivity index (χ0v) is 11.0. The second kappa shape index (κ2) is 6.54. The van der Waals surface area contributed by atoms with Gasteiger partial charge in [-0.15, -0.1) is 0 Å². The summed E-state index contributed by atoms with van der Waals surface area (Å²) in [6, 6.07) is 2.51. The van der Waals surface area contributed by atoms with Gasteiger partial charge in [-0.05, 0) is 31.9 Å². The summed E-state index contributed by atoms with van der Waals surface area (Å²) in [6.07, 6.45) is 6.66. The normalized spacial score (nSPS) is 14.7. The van der Waals surface area contributed by atoms with Gasteiger partial charge in [-0.3, -0.25) is 9.48 Å². The molecule has 1 saturated carbocycles. The van der Waals surface area contributed by atoms with Crippen LogP contribution in [-0.4, -0.2) is 34.8 Å². The van der Waals surface area contributed by atoms with Gasteiger partial charge in [-0.25, -0.2) is 0 Å². The predicted octanol–water partition coefficient (Wildman–Crippen LogP) is 0.611. The van der Waals surface area contributed by atoms with Crippen LogP contribution < -0.4 is 10.6 Å². The maximum absolute atomic E-state index is 11.4. The summed E-state index contributed by atoms with van der Waals surface area (Å²) in [5, 5.41) is 10.5. The molecule has 5 nitrogen and oxygen atoms in total. The molecule has 0 bridgehead atoms. The van der Waals surface area contributed by atoms with Gasteiger partial charge in [-0.1, -0.05) is 0 Å². The number of hydrogen-bond acceptors (Lipinski definition) is 3. The lowest BCUT2D eigenvalue weighted by Gasteiger charge is -2.05. The number of aromatic nitrogens is 2. The maximum atomic E-state index is 11.4. The molecule has 0 aromatic carbocycles. The van der Waals surface area contributed by atoms with E-state index in [4.69, 9.17) is 0 Å². The molecule has 0 spiro atoms. The highest BCUT2D eigenvalue weighted by molar-refractivity contribution is 5.76. The number of nitrogens with zero attached hydrogens (tertiary/aromatic N) is 2. The predicted molar refractivity (Wildman–Crippen MR) is 70.2 cm³/mol. The van der Waals surface area contributed by atoms with E-state index in [0.29, 0.717) is 12.5 Å². The van der Waals surface area contributed by atoms with E-state index in [1.807, 2.05) is 24.0 Å². The van der Waals surface area contributed by atoms with Crippen molar-refractivity contribution in [1.29, 1.82) is 0 Å². The van der Waals surface area contributed by atoms with Crippen LogP contribution in [0.15, 0.2) is 12.3 Å². The number of carbonyl (C=O) groups excluding carboxylic acids is 1. The fraction of sp³-hybridized carbons (Fsp3) is 0.692. The highest BCUT2D eigenvalue weighted by atomic mass is 16.1. The van der Waals surface area contributed by atoms with Crippen molar-refractivity contribution >= 4 is 5.91 Å². The van der Waals surface area contributed by atoms with Crippen LogP contribution in [0, 0.1) is 0 Å². The molecule has 2 N–H and O–H groups in total. The maximum Gasteiger partial charge on any atom is 0.220 e. The third-order valence-electron chi connectivity index (χ3n) is 3.18. The smallest absolute Gasteiger partial charge is 0.220 e. The largest absolute Gasteiger partial charge is 0.353 e. The van der Waals surface area contributed by atoms with E-state index in [1.54, 1.807) is 0 Å². The summed E-state index contributed by atoms with van der Waals surface area (Å²) >= 11 is 0. The van der Waals surface area contributed by atoms with E-state index in [1.165, 1.54) is 5.69 Å². The van der Waals surface area contributed by atoms with Crippen molar-refractivity contribution in [2.45, 2.75) is 38.1 Å². The van der Waals surface area contributed by atoms with Crippen LogP contribution in [0.5, 0.6) is 0 Å². The minimum atomic E-state index is 0.200. The van der Waals surface area contributed by atoms with E-state index >= 15 is 0 Å². The minimum Gasteiger partial charge on any atom is -0.353 e. The number of carbonyl (C=O) groups is 1. The lowest BCUT2D eigenvalue weighted by atomic mass is 10.2. The molecule has 18 heavy (non-hydrogen) atoms. The Labute approximate surface area is 108 Å². The third-order valence-corrected chi connectivity index (χ3v) is 3.18. The van der Waals surface area contributed by atoms with E-state index in [-0.39, 0.29) is 5.91 Å². The molecule has 1 fully saturated rings. The van der Waals surface area contributed by atoms with Gasteiger partial charge in [0.2, 0.25) is 5.91 Å². The highest BCUT2D eigenvalue weighted by Gasteiger charge is 2.22. The van der Waals surface area contributed by atoms with Crippen molar-refractivity contribution in [3.63, 3.8) is 0 Å². The van der Waals surface area contributed by atoms with Gasteiger partial charge in [0.1, 0.15) is 0 Å². The standard InChI is InChI=1S/C13H22N4O/c1-17-12(7-10-15-17)6-9-14-8-2-3-13(18)16-11-4-5-11/h7,10-11,14H,2-6,8-9H2,1H3,(H,16,18). The number of hydrogen-bond donors (Lipinski definition) is 2. The summed E-state index contributed by atoms with van der Waals surface area (Å²) in [6.45, 7) is 1.83. The summed E-state index contributed by atoms with van der Waals surface area (Å²) in [4.78, 5) is 11.4. The molecule has 0 atom stereocenters. The quantitative estimate of drug-likeness (QED) is 0.665. The molecule has 1 heterocycles. The fourth-order valence-electron chi connectivity index (χ4n) is 1.89. The Morgan fingerprint density at radius 3 is 3.00 bits per heavy atom. The van der Waals surface area contributed by atoms with Crippen LogP contribution in [0.25, 0.3) is 0 Å². The molecule has 1 aliphatic rings. The SMILES string of the molecule is Cn1nccc1CCNCCCC(=O)NC1CC1. The Bertz CT molecular complexity index is 384. The van der Waals surface area contributed by atoms with Crippen molar-refractivity contribution < 1.29 is 4.79 Å². The molecule has 1 aliphatic carbocycles. The Morgan fingerprint density at radius 2 is 2.33 bits per heavy atom. The Hall–Kier alpha value is -1.36. The van der Waals surface area contributed by atoms with Gasteiger partial charge in [0.25, 0.3) is 0 Å². The Kier molecular flexibility index (Phi) is 4.75. The van der Waals surface area contributed by atoms with Gasteiger partial charge in [0.15, 0.2) is 0 Å². The van der Waals surface area contributed by atoms with Crippen molar-refractivity contribution in [3.05, 3.63) is 18.0 Å². The molecule has 0 aliphatic heterocycles. The van der Waals surface area contributed by atoms with Gasteiger partial charge in [-0.2, -0.15) is 5.10 Å². The molecule has 100 valence electrons. The zero-order valence-electron chi connectivity index (χ0n) is 11.0. The fourth-order valence-corrected chi connectivity index (χ4v) is 1.89. The van der Waals surface area contributed by atoms with Crippen LogP contribution in [0.2, 0.25) is 0 Å².